The first-order chi connectivity index (χ1) is 13.2. The molecule has 2 amide bonds. The molecule has 0 aliphatic heterocycles. The van der Waals surface area contributed by atoms with Gasteiger partial charge in [0.1, 0.15) is 18.0 Å². The van der Waals surface area contributed by atoms with Crippen LogP contribution in [0, 0.1) is 5.92 Å². The highest BCUT2D eigenvalue weighted by molar-refractivity contribution is 6.01. The van der Waals surface area contributed by atoms with Crippen molar-refractivity contribution in [2.75, 3.05) is 0 Å². The summed E-state index contributed by atoms with van der Waals surface area (Å²) in [6.07, 6.45) is 0.213. The minimum Gasteiger partial charge on any atom is -0.481 e. The fourth-order valence-corrected chi connectivity index (χ4v) is 3.05. The summed E-state index contributed by atoms with van der Waals surface area (Å²) in [7, 11) is 1.77. The van der Waals surface area contributed by atoms with E-state index in [0.717, 1.165) is 10.9 Å². The number of nitrogens with zero attached hydrogens (tertiary/aromatic N) is 1. The Bertz CT molecular complexity index is 887. The number of carbonyl (C=O) groups excluding carboxylic acids is 3. The van der Waals surface area contributed by atoms with Crippen LogP contribution in [0.3, 0.4) is 0 Å². The highest BCUT2D eigenvalue weighted by atomic mass is 16.4. The van der Waals surface area contributed by atoms with Crippen molar-refractivity contribution in [2.45, 2.75) is 38.8 Å². The van der Waals surface area contributed by atoms with Crippen LogP contribution in [0.15, 0.2) is 30.3 Å². The van der Waals surface area contributed by atoms with E-state index in [9.17, 15) is 19.2 Å². The number of aldehydes is 1. The van der Waals surface area contributed by atoms with Gasteiger partial charge >= 0.3 is 5.97 Å². The lowest BCUT2D eigenvalue weighted by molar-refractivity contribution is -0.139. The summed E-state index contributed by atoms with van der Waals surface area (Å²) in [5, 5.41) is 14.8. The molecule has 0 saturated carbocycles. The first-order valence-electron chi connectivity index (χ1n) is 9.05. The van der Waals surface area contributed by atoms with Crippen molar-refractivity contribution in [3.8, 4) is 0 Å². The normalized spacial score (nSPS) is 13.1. The number of carboxylic acids is 1. The molecule has 0 fully saturated rings. The number of aromatic nitrogens is 1. The summed E-state index contributed by atoms with van der Waals surface area (Å²) in [5.74, 6) is -2.10. The van der Waals surface area contributed by atoms with Crippen LogP contribution < -0.4 is 10.6 Å². The van der Waals surface area contributed by atoms with Crippen LogP contribution in [0.5, 0.6) is 0 Å². The minimum absolute atomic E-state index is 0.0951. The van der Waals surface area contributed by atoms with Gasteiger partial charge in [-0.15, -0.1) is 0 Å². The second-order valence-electron chi connectivity index (χ2n) is 7.15. The Kier molecular flexibility index (Phi) is 6.92. The third-order valence-electron chi connectivity index (χ3n) is 4.40. The van der Waals surface area contributed by atoms with E-state index in [4.69, 9.17) is 5.11 Å². The number of nitrogens with one attached hydrogen (secondary N) is 2. The number of fused-ring (bicyclic) bond motifs is 1. The molecule has 0 saturated heterocycles. The second-order valence-corrected chi connectivity index (χ2v) is 7.15. The Labute approximate surface area is 162 Å². The van der Waals surface area contributed by atoms with Gasteiger partial charge in [0.2, 0.25) is 5.91 Å². The lowest BCUT2D eigenvalue weighted by Crippen LogP contribution is -2.51. The molecule has 0 unspecified atom stereocenters. The van der Waals surface area contributed by atoms with Gasteiger partial charge in [-0.1, -0.05) is 32.0 Å². The van der Waals surface area contributed by atoms with Crippen molar-refractivity contribution in [1.82, 2.24) is 15.2 Å². The van der Waals surface area contributed by atoms with Gasteiger partial charge < -0.3 is 25.1 Å². The zero-order valence-electron chi connectivity index (χ0n) is 16.1. The maximum Gasteiger partial charge on any atom is 0.305 e. The molecule has 1 heterocycles. The Hall–Kier alpha value is -3.16. The Morgan fingerprint density at radius 2 is 1.86 bits per heavy atom. The van der Waals surface area contributed by atoms with E-state index in [1.807, 2.05) is 38.1 Å². The highest BCUT2D eigenvalue weighted by Gasteiger charge is 2.26. The van der Waals surface area contributed by atoms with Crippen molar-refractivity contribution < 1.29 is 24.3 Å². The lowest BCUT2D eigenvalue weighted by Gasteiger charge is -2.22. The third kappa shape index (κ3) is 5.18. The Morgan fingerprint density at radius 3 is 2.43 bits per heavy atom. The summed E-state index contributed by atoms with van der Waals surface area (Å²) in [5.41, 5.74) is 1.29. The summed E-state index contributed by atoms with van der Waals surface area (Å²) in [6, 6.07) is 7.25. The predicted molar refractivity (Wildman–Crippen MR) is 104 cm³/mol. The topological polar surface area (TPSA) is 118 Å². The first-order valence-corrected chi connectivity index (χ1v) is 9.05. The van der Waals surface area contributed by atoms with Crippen LogP contribution in [0.2, 0.25) is 0 Å². The fraction of sp³-hybridized carbons (Fsp3) is 0.400. The van der Waals surface area contributed by atoms with Crippen LogP contribution in [-0.2, 0) is 21.4 Å². The summed E-state index contributed by atoms with van der Waals surface area (Å²) >= 11 is 0. The molecular weight excluding hydrogens is 362 g/mol. The highest BCUT2D eigenvalue weighted by Crippen LogP contribution is 2.18. The Balaban J connectivity index is 2.19. The predicted octanol–water partition coefficient (Wildman–Crippen LogP) is 1.48. The Morgan fingerprint density at radius 1 is 1.18 bits per heavy atom. The summed E-state index contributed by atoms with van der Waals surface area (Å²) in [4.78, 5) is 47.2. The summed E-state index contributed by atoms with van der Waals surface area (Å²) in [6.45, 7) is 3.80. The number of para-hydroxylation sites is 1. The molecule has 8 nitrogen and oxygen atoms in total. The molecule has 0 radical (unpaired) electrons. The fourth-order valence-electron chi connectivity index (χ4n) is 3.05. The van der Waals surface area contributed by atoms with E-state index in [1.54, 1.807) is 17.7 Å². The first kappa shape index (κ1) is 21.1. The van der Waals surface area contributed by atoms with Gasteiger partial charge in [0.15, 0.2) is 0 Å². The number of hydrogen-bond donors (Lipinski definition) is 3. The second kappa shape index (κ2) is 9.16. The van der Waals surface area contributed by atoms with Gasteiger partial charge in [-0.25, -0.2) is 0 Å². The molecule has 8 heteroatoms. The molecule has 0 spiro atoms. The van der Waals surface area contributed by atoms with Gasteiger partial charge in [-0.05, 0) is 24.5 Å². The van der Waals surface area contributed by atoms with Crippen molar-refractivity contribution in [3.63, 3.8) is 0 Å². The van der Waals surface area contributed by atoms with E-state index >= 15 is 0 Å². The average Bonchev–Trinajstić information content (AvgIpc) is 2.97. The minimum atomic E-state index is -1.20. The number of hydrogen-bond acceptors (Lipinski definition) is 4. The van der Waals surface area contributed by atoms with Crippen molar-refractivity contribution >= 4 is 35.0 Å². The zero-order valence-corrected chi connectivity index (χ0v) is 16.1. The number of amides is 2. The molecule has 2 rings (SSSR count). The molecule has 1 aromatic heterocycles. The van der Waals surface area contributed by atoms with Crippen LogP contribution in [0.25, 0.3) is 10.9 Å². The standard InChI is InChI=1S/C20H25N3O5/c1-12(2)8-15(19(27)21-14(11-24)10-18(25)26)22-20(28)17-9-13-6-4-5-7-16(13)23(17)3/h4-7,9,11-12,14-15H,8,10H2,1-3H3,(H,21,27)(H,22,28)(H,25,26)/t14-,15-/m0/s1. The molecule has 0 aliphatic carbocycles. The molecule has 2 aromatic rings. The largest absolute Gasteiger partial charge is 0.481 e. The van der Waals surface area contributed by atoms with E-state index < -0.39 is 36.3 Å². The van der Waals surface area contributed by atoms with E-state index in [2.05, 4.69) is 10.6 Å². The number of aliphatic carboxylic acids is 1. The van der Waals surface area contributed by atoms with Crippen LogP contribution in [0.4, 0.5) is 0 Å². The maximum atomic E-state index is 12.8. The van der Waals surface area contributed by atoms with E-state index in [-0.39, 0.29) is 5.92 Å². The molecule has 28 heavy (non-hydrogen) atoms. The van der Waals surface area contributed by atoms with Crippen LogP contribution in [-0.4, -0.2) is 45.8 Å². The molecular formula is C20H25N3O5. The molecule has 2 atom stereocenters. The number of carbonyl (C=O) groups is 4. The number of aryl methyl sites for hydroxylation is 1. The van der Waals surface area contributed by atoms with E-state index in [0.29, 0.717) is 18.4 Å². The number of carboxylic acid groups (broad SMARTS) is 1. The molecule has 0 aliphatic rings. The zero-order chi connectivity index (χ0) is 20.8. The quantitative estimate of drug-likeness (QED) is 0.564. The van der Waals surface area contributed by atoms with Crippen LogP contribution in [0.1, 0.15) is 37.2 Å². The van der Waals surface area contributed by atoms with Gasteiger partial charge in [-0.2, -0.15) is 0 Å². The SMILES string of the molecule is CC(C)C[C@H](NC(=O)c1cc2ccccc2n1C)C(=O)N[C@H](C=O)CC(=O)O. The number of benzene rings is 1. The molecule has 1 aromatic carbocycles. The van der Waals surface area contributed by atoms with Gasteiger partial charge in [0.05, 0.1) is 12.5 Å². The van der Waals surface area contributed by atoms with Crippen molar-refractivity contribution in [3.05, 3.63) is 36.0 Å². The smallest absolute Gasteiger partial charge is 0.305 e. The maximum absolute atomic E-state index is 12.8. The van der Waals surface area contributed by atoms with E-state index in [1.165, 1.54) is 0 Å². The van der Waals surface area contributed by atoms with Gasteiger partial charge in [-0.3, -0.25) is 14.4 Å². The third-order valence-corrected chi connectivity index (χ3v) is 4.40. The lowest BCUT2D eigenvalue weighted by atomic mass is 10.0. The molecule has 0 bridgehead atoms. The molecule has 3 N–H and O–H groups in total. The summed E-state index contributed by atoms with van der Waals surface area (Å²) < 4.78 is 1.74. The van der Waals surface area contributed by atoms with Crippen molar-refractivity contribution in [2.24, 2.45) is 13.0 Å². The van der Waals surface area contributed by atoms with Crippen molar-refractivity contribution in [1.29, 1.82) is 0 Å². The monoisotopic (exact) mass is 387 g/mol. The molecule has 150 valence electrons. The van der Waals surface area contributed by atoms with Gasteiger partial charge in [0.25, 0.3) is 5.91 Å². The van der Waals surface area contributed by atoms with Crippen LogP contribution >= 0.6 is 0 Å². The van der Waals surface area contributed by atoms with Gasteiger partial charge in [0, 0.05) is 18.0 Å². The average molecular weight is 387 g/mol. The number of rotatable bonds is 9.